The predicted octanol–water partition coefficient (Wildman–Crippen LogP) is 3.12. The zero-order valence-corrected chi connectivity index (χ0v) is 22.9. The van der Waals surface area contributed by atoms with Crippen molar-refractivity contribution in [2.24, 2.45) is 5.41 Å². The van der Waals surface area contributed by atoms with Gasteiger partial charge in [-0.1, -0.05) is 11.6 Å². The van der Waals surface area contributed by atoms with E-state index in [1.807, 2.05) is 0 Å². The number of alkyl halides is 3. The molecule has 0 unspecified atom stereocenters. The van der Waals surface area contributed by atoms with E-state index in [-0.39, 0.29) is 49.5 Å². The Balaban J connectivity index is 1.36. The highest BCUT2D eigenvalue weighted by Crippen LogP contribution is 2.53. The summed E-state index contributed by atoms with van der Waals surface area (Å²) in [5, 5.41) is 12.3. The van der Waals surface area contributed by atoms with Crippen LogP contribution in [0, 0.1) is 5.41 Å². The van der Waals surface area contributed by atoms with Crippen LogP contribution in [0.3, 0.4) is 0 Å². The van der Waals surface area contributed by atoms with E-state index < -0.39 is 52.9 Å². The van der Waals surface area contributed by atoms with E-state index in [1.54, 1.807) is 4.90 Å². The van der Waals surface area contributed by atoms with Crippen LogP contribution in [0.15, 0.2) is 18.2 Å². The SMILES string of the molecule is COC(=O)[C@H](CCC(=O)N1CCC2(CC2)[C@H](O)C1)N1CCN(C(=O)Nc2ccc(C(F)(F)F)c(Cl)c2)[C@@H](C)C1=O. The van der Waals surface area contributed by atoms with Gasteiger partial charge in [-0.15, -0.1) is 0 Å². The summed E-state index contributed by atoms with van der Waals surface area (Å²) in [5.41, 5.74) is -1.08. The Morgan fingerprint density at radius 2 is 1.90 bits per heavy atom. The van der Waals surface area contributed by atoms with Gasteiger partial charge in [-0.2, -0.15) is 13.2 Å². The Labute approximate surface area is 234 Å². The van der Waals surface area contributed by atoms with E-state index in [9.17, 15) is 37.5 Å². The standard InChI is InChI=1S/C26H32ClF3N4O6/c1-15-22(37)34(12-11-33(15)24(39)31-16-3-4-17(18(27)13-16)26(28,29)30)19(23(38)40-2)5-6-21(36)32-10-9-25(7-8-25)20(35)14-32/h3-4,13,15,19-20,35H,5-12,14H2,1-2H3,(H,31,39)/t15-,19-,20+/m0/s1. The quantitative estimate of drug-likeness (QED) is 0.493. The minimum atomic E-state index is -4.65. The third-order valence-corrected chi connectivity index (χ3v) is 8.49. The number of hydrogen-bond acceptors (Lipinski definition) is 6. The van der Waals surface area contributed by atoms with Crippen molar-refractivity contribution in [3.05, 3.63) is 28.8 Å². The Kier molecular flexibility index (Phi) is 8.55. The van der Waals surface area contributed by atoms with Crippen LogP contribution < -0.4 is 5.32 Å². The number of aliphatic hydroxyl groups is 1. The number of piperidine rings is 1. The van der Waals surface area contributed by atoms with Gasteiger partial charge in [-0.05, 0) is 56.2 Å². The first-order valence-electron chi connectivity index (χ1n) is 13.1. The normalized spacial score (nSPS) is 23.2. The molecule has 0 aromatic heterocycles. The van der Waals surface area contributed by atoms with Gasteiger partial charge < -0.3 is 29.9 Å². The van der Waals surface area contributed by atoms with Crippen molar-refractivity contribution in [3.63, 3.8) is 0 Å². The Morgan fingerprint density at radius 3 is 2.48 bits per heavy atom. The number of piperazine rings is 1. The highest BCUT2D eigenvalue weighted by Gasteiger charge is 2.52. The second-order valence-corrected chi connectivity index (χ2v) is 11.0. The number of rotatable bonds is 6. The second-order valence-electron chi connectivity index (χ2n) is 10.6. The smallest absolute Gasteiger partial charge is 0.417 e. The van der Waals surface area contributed by atoms with Crippen LogP contribution in [0.5, 0.6) is 0 Å². The van der Waals surface area contributed by atoms with Crippen molar-refractivity contribution in [1.82, 2.24) is 14.7 Å². The van der Waals surface area contributed by atoms with E-state index >= 15 is 0 Å². The van der Waals surface area contributed by atoms with Crippen LogP contribution in [0.2, 0.25) is 5.02 Å². The van der Waals surface area contributed by atoms with Gasteiger partial charge in [0.25, 0.3) is 0 Å². The van der Waals surface area contributed by atoms with Crippen LogP contribution in [-0.2, 0) is 25.3 Å². The molecule has 2 heterocycles. The van der Waals surface area contributed by atoms with Crippen LogP contribution in [0.1, 0.15) is 44.6 Å². The van der Waals surface area contributed by atoms with Gasteiger partial charge in [0.05, 0.1) is 23.8 Å². The molecular formula is C26H32ClF3N4O6. The molecule has 10 nitrogen and oxygen atoms in total. The first-order chi connectivity index (χ1) is 18.8. The molecule has 0 radical (unpaired) electrons. The van der Waals surface area contributed by atoms with Crippen molar-refractivity contribution >= 4 is 41.1 Å². The van der Waals surface area contributed by atoms with Crippen molar-refractivity contribution < 1.29 is 42.2 Å². The molecule has 2 aliphatic heterocycles. The molecule has 4 rings (SSSR count). The maximum Gasteiger partial charge on any atom is 0.417 e. The maximum atomic E-state index is 13.3. The predicted molar refractivity (Wildman–Crippen MR) is 137 cm³/mol. The van der Waals surface area contributed by atoms with Gasteiger partial charge >= 0.3 is 18.2 Å². The third-order valence-electron chi connectivity index (χ3n) is 8.18. The Morgan fingerprint density at radius 1 is 1.20 bits per heavy atom. The van der Waals surface area contributed by atoms with Gasteiger partial charge in [0.2, 0.25) is 11.8 Å². The number of methoxy groups -OCH3 is 1. The lowest BCUT2D eigenvalue weighted by molar-refractivity contribution is -0.157. The number of carbonyl (C=O) groups excluding carboxylic acids is 4. The summed E-state index contributed by atoms with van der Waals surface area (Å²) in [6.07, 6.45) is -2.58. The maximum absolute atomic E-state index is 13.3. The molecule has 1 aromatic carbocycles. The second kappa shape index (κ2) is 11.4. The van der Waals surface area contributed by atoms with Gasteiger partial charge in [-0.25, -0.2) is 9.59 Å². The number of urea groups is 1. The lowest BCUT2D eigenvalue weighted by Crippen LogP contribution is -2.62. The minimum absolute atomic E-state index is 0.0119. The average molecular weight is 589 g/mol. The fourth-order valence-electron chi connectivity index (χ4n) is 5.44. The number of benzene rings is 1. The fraction of sp³-hybridized carbons (Fsp3) is 0.615. The molecule has 2 N–H and O–H groups in total. The topological polar surface area (TPSA) is 119 Å². The van der Waals surface area contributed by atoms with E-state index in [0.29, 0.717) is 6.54 Å². The number of nitrogens with zero attached hydrogens (tertiary/aromatic N) is 3. The molecule has 4 amide bonds. The lowest BCUT2D eigenvalue weighted by atomic mass is 9.90. The first kappa shape index (κ1) is 29.9. The fourth-order valence-corrected chi connectivity index (χ4v) is 5.73. The highest BCUT2D eigenvalue weighted by atomic mass is 35.5. The summed E-state index contributed by atoms with van der Waals surface area (Å²) in [6, 6.07) is 0.00691. The van der Waals surface area contributed by atoms with Crippen LogP contribution in [0.4, 0.5) is 23.7 Å². The first-order valence-corrected chi connectivity index (χ1v) is 13.4. The molecule has 14 heteroatoms. The number of amides is 4. The van der Waals surface area contributed by atoms with Crippen LogP contribution >= 0.6 is 11.6 Å². The van der Waals surface area contributed by atoms with Gasteiger partial charge in [-0.3, -0.25) is 9.59 Å². The molecule has 1 aromatic rings. The molecule has 1 spiro atoms. The van der Waals surface area contributed by atoms with Crippen molar-refractivity contribution in [2.75, 3.05) is 38.6 Å². The van der Waals surface area contributed by atoms with Gasteiger partial charge in [0, 0.05) is 38.3 Å². The molecular weight excluding hydrogens is 557 g/mol. The number of anilines is 1. The Bertz CT molecular complexity index is 1180. The lowest BCUT2D eigenvalue weighted by Gasteiger charge is -2.42. The van der Waals surface area contributed by atoms with E-state index in [2.05, 4.69) is 5.32 Å². The molecule has 3 atom stereocenters. The monoisotopic (exact) mass is 588 g/mol. The van der Waals surface area contributed by atoms with Crippen LogP contribution in [0.25, 0.3) is 0 Å². The average Bonchev–Trinajstić information content (AvgIpc) is 3.67. The number of hydrogen-bond donors (Lipinski definition) is 2. The van der Waals surface area contributed by atoms with Gasteiger partial charge in [0.1, 0.15) is 12.1 Å². The minimum Gasteiger partial charge on any atom is -0.467 e. The van der Waals surface area contributed by atoms with E-state index in [0.717, 1.165) is 37.5 Å². The summed E-state index contributed by atoms with van der Waals surface area (Å²) in [5.74, 6) is -1.46. The van der Waals surface area contributed by atoms with Crippen molar-refractivity contribution in [1.29, 1.82) is 0 Å². The number of nitrogens with one attached hydrogen (secondary N) is 1. The summed E-state index contributed by atoms with van der Waals surface area (Å²) < 4.78 is 43.8. The molecule has 3 fully saturated rings. The summed E-state index contributed by atoms with van der Waals surface area (Å²) in [4.78, 5) is 55.7. The molecule has 1 saturated carbocycles. The zero-order valence-electron chi connectivity index (χ0n) is 22.2. The molecule has 220 valence electrons. The number of ether oxygens (including phenoxy) is 1. The number of β-amino-alcohol motifs (C(OH)–C–C–N with tert-alkyl or cyclic N) is 1. The number of carbonyl (C=O) groups is 4. The zero-order chi connectivity index (χ0) is 29.4. The molecule has 40 heavy (non-hydrogen) atoms. The molecule has 0 bridgehead atoms. The molecule has 2 saturated heterocycles. The van der Waals surface area contributed by atoms with Gasteiger partial charge in [0.15, 0.2) is 0 Å². The Hall–Kier alpha value is -3.06. The van der Waals surface area contributed by atoms with Crippen molar-refractivity contribution in [2.45, 2.75) is 63.4 Å². The molecule has 1 aliphatic carbocycles. The number of halogens is 4. The van der Waals surface area contributed by atoms with E-state index in [4.69, 9.17) is 16.3 Å². The number of esters is 1. The van der Waals surface area contributed by atoms with Crippen molar-refractivity contribution in [3.8, 4) is 0 Å². The largest absolute Gasteiger partial charge is 0.467 e. The highest BCUT2D eigenvalue weighted by molar-refractivity contribution is 6.31. The summed E-state index contributed by atoms with van der Waals surface area (Å²) >= 11 is 5.73. The summed E-state index contributed by atoms with van der Waals surface area (Å²) in [6.45, 7) is 2.25. The third kappa shape index (κ3) is 6.14. The number of likely N-dealkylation sites (tertiary alicyclic amines) is 1. The molecule has 3 aliphatic rings. The number of aliphatic hydroxyl groups excluding tert-OH is 1. The van der Waals surface area contributed by atoms with Crippen LogP contribution in [-0.4, -0.2) is 95.1 Å². The summed E-state index contributed by atoms with van der Waals surface area (Å²) in [7, 11) is 1.18. The van der Waals surface area contributed by atoms with E-state index in [1.165, 1.54) is 23.8 Å².